The van der Waals surface area contributed by atoms with Crippen LogP contribution in [0, 0.1) is 6.92 Å². The normalized spacial score (nSPS) is 14.2. The van der Waals surface area contributed by atoms with Crippen LogP contribution in [-0.4, -0.2) is 49.9 Å². The molecular weight excluding hydrogens is 334 g/mol. The van der Waals surface area contributed by atoms with Gasteiger partial charge in [-0.25, -0.2) is 9.69 Å². The van der Waals surface area contributed by atoms with E-state index in [9.17, 15) is 4.79 Å². The molecule has 1 N–H and O–H groups in total. The van der Waals surface area contributed by atoms with Crippen molar-refractivity contribution in [3.8, 4) is 5.69 Å². The maximum absolute atomic E-state index is 13.1. The van der Waals surface area contributed by atoms with Crippen molar-refractivity contribution in [2.24, 2.45) is 0 Å². The van der Waals surface area contributed by atoms with Crippen molar-refractivity contribution < 1.29 is 4.79 Å². The summed E-state index contributed by atoms with van der Waals surface area (Å²) in [5, 5.41) is 11.8. The van der Waals surface area contributed by atoms with E-state index >= 15 is 0 Å². The standard InChI is InChI=1S/C18H23N5OS/c1-13(2)20-18(25)22-11-7-10-21(22)17(24)16-12-19-23(14(16)3)15-8-5-4-6-9-15/h4-6,8-9,12-13H,7,10-11H2,1-3H3,(H,20,25). The van der Waals surface area contributed by atoms with Crippen molar-refractivity contribution in [2.75, 3.05) is 13.1 Å². The SMILES string of the molecule is Cc1c(C(=O)N2CCCN2C(=S)NC(C)C)cnn1-c1ccccc1. The molecule has 0 bridgehead atoms. The summed E-state index contributed by atoms with van der Waals surface area (Å²) in [4.78, 5) is 13.1. The molecule has 25 heavy (non-hydrogen) atoms. The van der Waals surface area contributed by atoms with Crippen LogP contribution in [0.4, 0.5) is 0 Å². The number of hydrogen-bond acceptors (Lipinski definition) is 3. The summed E-state index contributed by atoms with van der Waals surface area (Å²) in [6.45, 7) is 7.38. The Labute approximate surface area is 153 Å². The maximum Gasteiger partial charge on any atom is 0.275 e. The van der Waals surface area contributed by atoms with Crippen LogP contribution in [0.15, 0.2) is 36.5 Å². The number of nitrogens with zero attached hydrogens (tertiary/aromatic N) is 4. The number of amides is 1. The molecule has 1 fully saturated rings. The Morgan fingerprint density at radius 3 is 2.56 bits per heavy atom. The van der Waals surface area contributed by atoms with Gasteiger partial charge in [0.25, 0.3) is 5.91 Å². The predicted octanol–water partition coefficient (Wildman–Crippen LogP) is 2.53. The Morgan fingerprint density at radius 1 is 1.20 bits per heavy atom. The fourth-order valence-electron chi connectivity index (χ4n) is 2.94. The molecule has 1 aromatic heterocycles. The number of aromatic nitrogens is 2. The highest BCUT2D eigenvalue weighted by molar-refractivity contribution is 7.80. The van der Waals surface area contributed by atoms with E-state index in [1.807, 2.05) is 56.1 Å². The average Bonchev–Trinajstić information content (AvgIpc) is 3.21. The molecule has 0 radical (unpaired) electrons. The van der Waals surface area contributed by atoms with Gasteiger partial charge >= 0.3 is 0 Å². The minimum Gasteiger partial charge on any atom is -0.359 e. The average molecular weight is 357 g/mol. The summed E-state index contributed by atoms with van der Waals surface area (Å²) in [5.41, 5.74) is 2.36. The molecule has 1 aliphatic heterocycles. The molecule has 1 aliphatic rings. The molecule has 7 heteroatoms. The number of hydrazine groups is 1. The lowest BCUT2D eigenvalue weighted by Crippen LogP contribution is -2.50. The first kappa shape index (κ1) is 17.4. The van der Waals surface area contributed by atoms with Gasteiger partial charge in [-0.05, 0) is 51.5 Å². The van der Waals surface area contributed by atoms with Crippen molar-refractivity contribution >= 4 is 23.2 Å². The second-order valence-electron chi connectivity index (χ2n) is 6.40. The van der Waals surface area contributed by atoms with Crippen molar-refractivity contribution in [3.05, 3.63) is 47.8 Å². The number of para-hydroxylation sites is 1. The molecule has 3 rings (SSSR count). The van der Waals surface area contributed by atoms with Gasteiger partial charge in [0.05, 0.1) is 23.1 Å². The molecular formula is C18H23N5OS. The number of carbonyl (C=O) groups excluding carboxylic acids is 1. The molecule has 6 nitrogen and oxygen atoms in total. The van der Waals surface area contributed by atoms with Gasteiger partial charge in [-0.2, -0.15) is 5.10 Å². The highest BCUT2D eigenvalue weighted by Crippen LogP contribution is 2.20. The lowest BCUT2D eigenvalue weighted by molar-refractivity contribution is 0.0489. The number of hydrogen-bond donors (Lipinski definition) is 1. The first-order valence-electron chi connectivity index (χ1n) is 8.49. The molecule has 1 saturated heterocycles. The first-order valence-corrected chi connectivity index (χ1v) is 8.89. The van der Waals surface area contributed by atoms with Gasteiger partial charge in [0, 0.05) is 19.1 Å². The highest BCUT2D eigenvalue weighted by atomic mass is 32.1. The smallest absolute Gasteiger partial charge is 0.275 e. The number of carbonyl (C=O) groups is 1. The summed E-state index contributed by atoms with van der Waals surface area (Å²) < 4.78 is 1.79. The maximum atomic E-state index is 13.1. The first-order chi connectivity index (χ1) is 12.0. The topological polar surface area (TPSA) is 53.4 Å². The van der Waals surface area contributed by atoms with Crippen molar-refractivity contribution in [3.63, 3.8) is 0 Å². The monoisotopic (exact) mass is 357 g/mol. The highest BCUT2D eigenvalue weighted by Gasteiger charge is 2.31. The molecule has 0 atom stereocenters. The number of thiocarbonyl (C=S) groups is 1. The van der Waals surface area contributed by atoms with Crippen molar-refractivity contribution in [1.82, 2.24) is 25.1 Å². The second kappa shape index (κ2) is 7.23. The predicted molar refractivity (Wildman–Crippen MR) is 102 cm³/mol. The van der Waals surface area contributed by atoms with E-state index in [-0.39, 0.29) is 11.9 Å². The Balaban J connectivity index is 1.84. The summed E-state index contributed by atoms with van der Waals surface area (Å²) in [5.74, 6) is -0.0647. The lowest BCUT2D eigenvalue weighted by Gasteiger charge is -2.31. The molecule has 0 unspecified atom stereocenters. The minimum atomic E-state index is -0.0647. The second-order valence-corrected chi connectivity index (χ2v) is 6.79. The number of nitrogens with one attached hydrogen (secondary N) is 1. The summed E-state index contributed by atoms with van der Waals surface area (Å²) >= 11 is 5.45. The van der Waals surface area contributed by atoms with E-state index in [1.54, 1.807) is 15.9 Å². The molecule has 132 valence electrons. The van der Waals surface area contributed by atoms with E-state index in [0.29, 0.717) is 17.2 Å². The molecule has 0 aliphatic carbocycles. The molecule has 0 saturated carbocycles. The zero-order valence-electron chi connectivity index (χ0n) is 14.8. The molecule has 2 aromatic rings. The molecule has 1 aromatic carbocycles. The van der Waals surface area contributed by atoms with Gasteiger partial charge in [0.2, 0.25) is 0 Å². The van der Waals surface area contributed by atoms with Gasteiger partial charge in [-0.3, -0.25) is 9.80 Å². The minimum absolute atomic E-state index is 0.0647. The van der Waals surface area contributed by atoms with Gasteiger partial charge in [-0.1, -0.05) is 18.2 Å². The van der Waals surface area contributed by atoms with Gasteiger partial charge in [0.1, 0.15) is 0 Å². The Hall–Kier alpha value is -2.41. The van der Waals surface area contributed by atoms with E-state index in [0.717, 1.165) is 24.3 Å². The van der Waals surface area contributed by atoms with Crippen LogP contribution >= 0.6 is 12.2 Å². The van der Waals surface area contributed by atoms with E-state index in [4.69, 9.17) is 12.2 Å². The molecule has 2 heterocycles. The number of benzene rings is 1. The van der Waals surface area contributed by atoms with Crippen LogP contribution in [0.5, 0.6) is 0 Å². The van der Waals surface area contributed by atoms with Gasteiger partial charge in [0.15, 0.2) is 5.11 Å². The largest absolute Gasteiger partial charge is 0.359 e. The van der Waals surface area contributed by atoms with Crippen LogP contribution in [0.2, 0.25) is 0 Å². The third kappa shape index (κ3) is 3.51. The third-order valence-electron chi connectivity index (χ3n) is 4.15. The van der Waals surface area contributed by atoms with Crippen molar-refractivity contribution in [1.29, 1.82) is 0 Å². The van der Waals surface area contributed by atoms with Gasteiger partial charge < -0.3 is 5.32 Å². The Bertz CT molecular complexity index is 771. The van der Waals surface area contributed by atoms with Crippen LogP contribution in [0.1, 0.15) is 36.3 Å². The Kier molecular flexibility index (Phi) is 5.03. The van der Waals surface area contributed by atoms with Crippen LogP contribution in [-0.2, 0) is 0 Å². The Morgan fingerprint density at radius 2 is 1.88 bits per heavy atom. The van der Waals surface area contributed by atoms with E-state index in [1.165, 1.54) is 0 Å². The van der Waals surface area contributed by atoms with Crippen molar-refractivity contribution in [2.45, 2.75) is 33.2 Å². The molecule has 0 spiro atoms. The summed E-state index contributed by atoms with van der Waals surface area (Å²) in [6.07, 6.45) is 2.54. The quantitative estimate of drug-likeness (QED) is 0.856. The summed E-state index contributed by atoms with van der Waals surface area (Å²) in [7, 11) is 0. The van der Waals surface area contributed by atoms with Crippen LogP contribution < -0.4 is 5.32 Å². The fourth-order valence-corrected chi connectivity index (χ4v) is 3.37. The van der Waals surface area contributed by atoms with Crippen LogP contribution in [0.3, 0.4) is 0 Å². The van der Waals surface area contributed by atoms with Crippen LogP contribution in [0.25, 0.3) is 5.69 Å². The molecule has 1 amide bonds. The zero-order chi connectivity index (χ0) is 18.0. The third-order valence-corrected chi connectivity index (χ3v) is 4.48. The fraction of sp³-hybridized carbons (Fsp3) is 0.389. The summed E-state index contributed by atoms with van der Waals surface area (Å²) in [6, 6.07) is 10.0. The van der Waals surface area contributed by atoms with E-state index < -0.39 is 0 Å². The number of rotatable bonds is 3. The van der Waals surface area contributed by atoms with E-state index in [2.05, 4.69) is 10.4 Å². The lowest BCUT2D eigenvalue weighted by atomic mass is 10.2. The zero-order valence-corrected chi connectivity index (χ0v) is 15.6. The van der Waals surface area contributed by atoms with Gasteiger partial charge in [-0.15, -0.1) is 0 Å².